The third-order valence-electron chi connectivity index (χ3n) is 2.97. The maximum absolute atomic E-state index is 10.7. The molecule has 104 valence electrons. The van der Waals surface area contributed by atoms with Crippen molar-refractivity contribution in [3.05, 3.63) is 71.2 Å². The maximum Gasteiger partial charge on any atom is 0.169 e. The van der Waals surface area contributed by atoms with Crippen molar-refractivity contribution in [2.24, 2.45) is 0 Å². The van der Waals surface area contributed by atoms with Crippen LogP contribution in [0.15, 0.2) is 60.0 Å². The van der Waals surface area contributed by atoms with Crippen molar-refractivity contribution >= 4 is 17.6 Å². The summed E-state index contributed by atoms with van der Waals surface area (Å²) in [6.45, 7) is 0.530. The van der Waals surface area contributed by atoms with Crippen molar-refractivity contribution in [3.8, 4) is 16.3 Å². The fourth-order valence-corrected chi connectivity index (χ4v) is 2.69. The molecule has 0 saturated heterocycles. The zero-order valence-electron chi connectivity index (χ0n) is 11.2. The molecule has 3 rings (SSSR count). The Labute approximate surface area is 126 Å². The molecule has 1 heterocycles. The summed E-state index contributed by atoms with van der Waals surface area (Å²) in [6.07, 6.45) is 0.760. The molecule has 4 heteroatoms. The third-order valence-corrected chi connectivity index (χ3v) is 3.88. The molecule has 3 aromatic rings. The summed E-state index contributed by atoms with van der Waals surface area (Å²) in [7, 11) is 0. The van der Waals surface area contributed by atoms with Crippen LogP contribution in [0.3, 0.4) is 0 Å². The second-order valence-corrected chi connectivity index (χ2v) is 5.36. The van der Waals surface area contributed by atoms with E-state index < -0.39 is 0 Å². The fraction of sp³-hybridized carbons (Fsp3) is 0.0588. The number of carbonyl (C=O) groups excluding carboxylic acids is 1. The number of thiazole rings is 1. The van der Waals surface area contributed by atoms with Gasteiger partial charge < -0.3 is 4.74 Å². The SMILES string of the molecule is O=Cc1csc(-c2cccc(OCc3ccccc3)c2)n1. The quantitative estimate of drug-likeness (QED) is 0.662. The Hall–Kier alpha value is -2.46. The van der Waals surface area contributed by atoms with Gasteiger partial charge in [0.05, 0.1) is 0 Å². The highest BCUT2D eigenvalue weighted by molar-refractivity contribution is 7.13. The molecular formula is C17H13NO2S. The summed E-state index contributed by atoms with van der Waals surface area (Å²) in [6, 6.07) is 17.8. The summed E-state index contributed by atoms with van der Waals surface area (Å²) in [4.78, 5) is 15.0. The Bertz CT molecular complexity index is 737. The van der Waals surface area contributed by atoms with Crippen LogP contribution in [-0.2, 0) is 6.61 Å². The highest BCUT2D eigenvalue weighted by Crippen LogP contribution is 2.26. The Morgan fingerprint density at radius 3 is 2.71 bits per heavy atom. The standard InChI is InChI=1S/C17H13NO2S/c19-10-15-12-21-17(18-15)14-7-4-8-16(9-14)20-11-13-5-2-1-3-6-13/h1-10,12H,11H2. The minimum atomic E-state index is 0.464. The van der Waals surface area contributed by atoms with Crippen molar-refractivity contribution in [3.63, 3.8) is 0 Å². The van der Waals surface area contributed by atoms with Crippen LogP contribution >= 0.6 is 11.3 Å². The Balaban J connectivity index is 1.75. The number of hydrogen-bond donors (Lipinski definition) is 0. The predicted octanol–water partition coefficient (Wildman–Crippen LogP) is 4.20. The lowest BCUT2D eigenvalue weighted by Gasteiger charge is -2.07. The Morgan fingerprint density at radius 1 is 1.10 bits per heavy atom. The van der Waals surface area contributed by atoms with Crippen LogP contribution in [0.2, 0.25) is 0 Å². The van der Waals surface area contributed by atoms with Gasteiger partial charge in [0.15, 0.2) is 6.29 Å². The van der Waals surface area contributed by atoms with E-state index in [1.165, 1.54) is 11.3 Å². The number of nitrogens with zero attached hydrogens (tertiary/aromatic N) is 1. The van der Waals surface area contributed by atoms with E-state index in [1.54, 1.807) is 5.38 Å². The van der Waals surface area contributed by atoms with E-state index in [0.717, 1.165) is 28.2 Å². The van der Waals surface area contributed by atoms with Gasteiger partial charge in [-0.1, -0.05) is 42.5 Å². The second-order valence-electron chi connectivity index (χ2n) is 4.50. The van der Waals surface area contributed by atoms with Gasteiger partial charge in [0.2, 0.25) is 0 Å². The number of aldehydes is 1. The molecule has 0 bridgehead atoms. The first-order chi connectivity index (χ1) is 10.3. The van der Waals surface area contributed by atoms with Crippen molar-refractivity contribution < 1.29 is 9.53 Å². The smallest absolute Gasteiger partial charge is 0.169 e. The molecule has 2 aromatic carbocycles. The van der Waals surface area contributed by atoms with Gasteiger partial charge in [-0.15, -0.1) is 11.3 Å². The van der Waals surface area contributed by atoms with Gasteiger partial charge in [0, 0.05) is 10.9 Å². The maximum atomic E-state index is 10.7. The van der Waals surface area contributed by atoms with Gasteiger partial charge in [-0.25, -0.2) is 4.98 Å². The first kappa shape index (κ1) is 13.5. The zero-order valence-corrected chi connectivity index (χ0v) is 12.0. The topological polar surface area (TPSA) is 39.2 Å². The predicted molar refractivity (Wildman–Crippen MR) is 83.7 cm³/mol. The lowest BCUT2D eigenvalue weighted by molar-refractivity contribution is 0.111. The average Bonchev–Trinajstić information content (AvgIpc) is 3.03. The zero-order chi connectivity index (χ0) is 14.5. The van der Waals surface area contributed by atoms with Gasteiger partial charge in [-0.2, -0.15) is 0 Å². The summed E-state index contributed by atoms with van der Waals surface area (Å²) in [5.41, 5.74) is 2.55. The van der Waals surface area contributed by atoms with E-state index in [9.17, 15) is 4.79 Å². The molecule has 0 aliphatic rings. The summed E-state index contributed by atoms with van der Waals surface area (Å²) in [5, 5.41) is 2.57. The second kappa shape index (κ2) is 6.33. The van der Waals surface area contributed by atoms with Gasteiger partial charge in [-0.3, -0.25) is 4.79 Å². The molecule has 0 fully saturated rings. The van der Waals surface area contributed by atoms with E-state index in [4.69, 9.17) is 4.74 Å². The van der Waals surface area contributed by atoms with Gasteiger partial charge >= 0.3 is 0 Å². The van der Waals surface area contributed by atoms with Crippen LogP contribution in [0.5, 0.6) is 5.75 Å². The van der Waals surface area contributed by atoms with Gasteiger partial charge in [0.1, 0.15) is 23.1 Å². The molecular weight excluding hydrogens is 282 g/mol. The van der Waals surface area contributed by atoms with Crippen molar-refractivity contribution in [1.82, 2.24) is 4.98 Å². The molecule has 0 N–H and O–H groups in total. The molecule has 0 radical (unpaired) electrons. The van der Waals surface area contributed by atoms with Crippen LogP contribution in [0.4, 0.5) is 0 Å². The molecule has 0 spiro atoms. The number of aromatic nitrogens is 1. The lowest BCUT2D eigenvalue weighted by atomic mass is 10.2. The number of carbonyl (C=O) groups is 1. The lowest BCUT2D eigenvalue weighted by Crippen LogP contribution is -1.95. The first-order valence-electron chi connectivity index (χ1n) is 6.53. The highest BCUT2D eigenvalue weighted by atomic mass is 32.1. The monoisotopic (exact) mass is 295 g/mol. The summed E-state index contributed by atoms with van der Waals surface area (Å²) < 4.78 is 5.79. The molecule has 3 nitrogen and oxygen atoms in total. The summed E-state index contributed by atoms with van der Waals surface area (Å²) in [5.74, 6) is 0.791. The van der Waals surface area contributed by atoms with Crippen molar-refractivity contribution in [1.29, 1.82) is 0 Å². The van der Waals surface area contributed by atoms with E-state index in [1.807, 2.05) is 54.6 Å². The summed E-state index contributed by atoms with van der Waals surface area (Å²) >= 11 is 1.45. The van der Waals surface area contributed by atoms with E-state index in [0.29, 0.717) is 12.3 Å². The van der Waals surface area contributed by atoms with Gasteiger partial charge in [-0.05, 0) is 17.7 Å². The average molecular weight is 295 g/mol. The van der Waals surface area contributed by atoms with Crippen LogP contribution in [0.25, 0.3) is 10.6 Å². The number of benzene rings is 2. The minimum absolute atomic E-state index is 0.464. The molecule has 0 aliphatic carbocycles. The number of hydrogen-bond acceptors (Lipinski definition) is 4. The molecule has 0 amide bonds. The van der Waals surface area contributed by atoms with Crippen molar-refractivity contribution in [2.45, 2.75) is 6.61 Å². The van der Waals surface area contributed by atoms with Crippen molar-refractivity contribution in [2.75, 3.05) is 0 Å². The third kappa shape index (κ3) is 3.35. The van der Waals surface area contributed by atoms with E-state index in [-0.39, 0.29) is 0 Å². The number of rotatable bonds is 5. The molecule has 0 atom stereocenters. The molecule has 0 unspecified atom stereocenters. The number of ether oxygens (including phenoxy) is 1. The Kier molecular flexibility index (Phi) is 4.07. The van der Waals surface area contributed by atoms with Gasteiger partial charge in [0.25, 0.3) is 0 Å². The highest BCUT2D eigenvalue weighted by Gasteiger charge is 2.05. The fourth-order valence-electron chi connectivity index (χ4n) is 1.93. The Morgan fingerprint density at radius 2 is 1.95 bits per heavy atom. The van der Waals surface area contributed by atoms with E-state index in [2.05, 4.69) is 4.98 Å². The molecule has 1 aromatic heterocycles. The van der Waals surface area contributed by atoms with Crippen LogP contribution in [0.1, 0.15) is 16.1 Å². The normalized spacial score (nSPS) is 10.3. The van der Waals surface area contributed by atoms with Crippen LogP contribution < -0.4 is 4.74 Å². The minimum Gasteiger partial charge on any atom is -0.489 e. The molecule has 21 heavy (non-hydrogen) atoms. The van der Waals surface area contributed by atoms with Crippen LogP contribution in [0, 0.1) is 0 Å². The van der Waals surface area contributed by atoms with Crippen LogP contribution in [-0.4, -0.2) is 11.3 Å². The molecule has 0 saturated carbocycles. The molecule has 0 aliphatic heterocycles. The van der Waals surface area contributed by atoms with E-state index >= 15 is 0 Å². The first-order valence-corrected chi connectivity index (χ1v) is 7.41. The largest absolute Gasteiger partial charge is 0.489 e.